The standard InChI is InChI=1S/C35H37Cl2N5O6/c1-6-29(43)35(41(3)30(44)20-38,32-25(36)11-9-12-26(32)37)48-33-22(2)40-27-13-8-7-10-24(27)31(33)23-14-15-28(39-21-23)34(45)42(16-18-46-4)17-19-47-5/h6-15,21H,1,16-20,38H2,2-5H3. The van der Waals surface area contributed by atoms with Crippen molar-refractivity contribution in [3.63, 3.8) is 0 Å². The Labute approximate surface area is 289 Å². The molecule has 2 aromatic carbocycles. The number of benzene rings is 2. The molecule has 0 fully saturated rings. The highest BCUT2D eigenvalue weighted by Gasteiger charge is 2.51. The highest BCUT2D eigenvalue weighted by atomic mass is 35.5. The van der Waals surface area contributed by atoms with Crippen LogP contribution in [0.5, 0.6) is 5.75 Å². The molecule has 4 aromatic rings. The molecule has 2 heterocycles. The van der Waals surface area contributed by atoms with E-state index in [1.165, 1.54) is 19.2 Å². The minimum Gasteiger partial charge on any atom is -0.453 e. The molecular formula is C35H37Cl2N5O6. The average Bonchev–Trinajstić information content (AvgIpc) is 3.10. The van der Waals surface area contributed by atoms with Gasteiger partial charge in [0, 0.05) is 57.1 Å². The molecule has 0 saturated heterocycles. The summed E-state index contributed by atoms with van der Waals surface area (Å²) in [6, 6.07) is 15.4. The van der Waals surface area contributed by atoms with Crippen molar-refractivity contribution >= 4 is 51.7 Å². The minimum atomic E-state index is -2.25. The van der Waals surface area contributed by atoms with Gasteiger partial charge >= 0.3 is 0 Å². The van der Waals surface area contributed by atoms with E-state index in [1.54, 1.807) is 50.4 Å². The number of likely N-dealkylation sites (N-methyl/N-ethyl adjacent to an activating group) is 1. The number of para-hydroxylation sites is 1. The number of nitrogens with two attached hydrogens (primary N) is 1. The summed E-state index contributed by atoms with van der Waals surface area (Å²) >= 11 is 13.4. The minimum absolute atomic E-state index is 0.0207. The number of carbonyl (C=O) groups is 3. The number of fused-ring (bicyclic) bond motifs is 1. The summed E-state index contributed by atoms with van der Waals surface area (Å²) in [4.78, 5) is 52.7. The molecule has 2 N–H and O–H groups in total. The normalized spacial score (nSPS) is 12.3. The monoisotopic (exact) mass is 693 g/mol. The van der Waals surface area contributed by atoms with Crippen molar-refractivity contribution in [2.24, 2.45) is 5.73 Å². The molecule has 0 aliphatic heterocycles. The van der Waals surface area contributed by atoms with Crippen LogP contribution in [0.25, 0.3) is 22.0 Å². The topological polar surface area (TPSA) is 137 Å². The first-order chi connectivity index (χ1) is 23.0. The SMILES string of the molecule is C=CC(=O)C(Oc1c(C)nc2ccccc2c1-c1ccc(C(=O)N(CCOC)CCOC)nc1)(c1c(Cl)cccc1Cl)N(C)C(=O)CN. The number of pyridine rings is 2. The molecule has 252 valence electrons. The second-order valence-corrected chi connectivity index (χ2v) is 11.5. The summed E-state index contributed by atoms with van der Waals surface area (Å²) in [5.41, 5.74) is 5.81. The molecule has 11 nitrogen and oxygen atoms in total. The van der Waals surface area contributed by atoms with Crippen molar-refractivity contribution in [1.29, 1.82) is 0 Å². The van der Waals surface area contributed by atoms with Crippen LogP contribution >= 0.6 is 23.2 Å². The second-order valence-electron chi connectivity index (χ2n) is 10.7. The maximum Gasteiger partial charge on any atom is 0.277 e. The van der Waals surface area contributed by atoms with Crippen LogP contribution in [0.15, 0.2) is 73.4 Å². The Morgan fingerprint density at radius 3 is 2.19 bits per heavy atom. The van der Waals surface area contributed by atoms with E-state index in [-0.39, 0.29) is 33.0 Å². The first-order valence-corrected chi connectivity index (χ1v) is 15.7. The molecule has 13 heteroatoms. The van der Waals surface area contributed by atoms with Crippen LogP contribution in [-0.2, 0) is 24.8 Å². The lowest BCUT2D eigenvalue weighted by Crippen LogP contribution is -2.58. The molecule has 0 saturated carbocycles. The molecule has 2 aromatic heterocycles. The van der Waals surface area contributed by atoms with Crippen LogP contribution in [0.4, 0.5) is 0 Å². The third-order valence-corrected chi connectivity index (χ3v) is 8.43. The van der Waals surface area contributed by atoms with E-state index in [0.29, 0.717) is 54.0 Å². The van der Waals surface area contributed by atoms with Crippen LogP contribution in [0.2, 0.25) is 10.0 Å². The molecule has 0 radical (unpaired) electrons. The van der Waals surface area contributed by atoms with E-state index >= 15 is 0 Å². The summed E-state index contributed by atoms with van der Waals surface area (Å²) in [5.74, 6) is -1.52. The van der Waals surface area contributed by atoms with E-state index in [4.69, 9.17) is 48.1 Å². The third-order valence-electron chi connectivity index (χ3n) is 7.80. The number of hydrogen-bond donors (Lipinski definition) is 1. The number of ether oxygens (including phenoxy) is 3. The molecule has 0 bridgehead atoms. The number of aromatic nitrogens is 2. The van der Waals surface area contributed by atoms with Gasteiger partial charge in [0.1, 0.15) is 5.69 Å². The van der Waals surface area contributed by atoms with Gasteiger partial charge in [-0.25, -0.2) is 4.98 Å². The van der Waals surface area contributed by atoms with Gasteiger partial charge in [-0.1, -0.05) is 60.1 Å². The Hall–Kier alpha value is -4.39. The first-order valence-electron chi connectivity index (χ1n) is 15.0. The Morgan fingerprint density at radius 2 is 1.62 bits per heavy atom. The number of carbonyl (C=O) groups excluding carboxylic acids is 3. The predicted molar refractivity (Wildman–Crippen MR) is 185 cm³/mol. The van der Waals surface area contributed by atoms with E-state index in [0.717, 1.165) is 11.0 Å². The van der Waals surface area contributed by atoms with Gasteiger partial charge in [-0.3, -0.25) is 24.3 Å². The highest BCUT2D eigenvalue weighted by molar-refractivity contribution is 6.36. The number of nitrogens with zero attached hydrogens (tertiary/aromatic N) is 4. The fourth-order valence-corrected chi connectivity index (χ4v) is 5.98. The van der Waals surface area contributed by atoms with Crippen molar-refractivity contribution in [2.45, 2.75) is 12.6 Å². The zero-order valence-electron chi connectivity index (χ0n) is 27.2. The van der Waals surface area contributed by atoms with E-state index in [2.05, 4.69) is 11.6 Å². The van der Waals surface area contributed by atoms with E-state index in [9.17, 15) is 14.4 Å². The number of aryl methyl sites for hydroxylation is 1. The third kappa shape index (κ3) is 7.20. The highest BCUT2D eigenvalue weighted by Crippen LogP contribution is 2.46. The smallest absolute Gasteiger partial charge is 0.277 e. The summed E-state index contributed by atoms with van der Waals surface area (Å²) in [6.07, 6.45) is 2.57. The molecule has 0 spiro atoms. The maximum atomic E-state index is 14.1. The lowest BCUT2D eigenvalue weighted by Gasteiger charge is -2.41. The summed E-state index contributed by atoms with van der Waals surface area (Å²) in [5, 5.41) is 0.788. The summed E-state index contributed by atoms with van der Waals surface area (Å²) in [7, 11) is 4.50. The van der Waals surface area contributed by atoms with Crippen molar-refractivity contribution in [3.8, 4) is 16.9 Å². The molecule has 0 aliphatic carbocycles. The first kappa shape index (κ1) is 36.4. The number of ketones is 1. The number of hydrogen-bond acceptors (Lipinski definition) is 9. The zero-order valence-corrected chi connectivity index (χ0v) is 28.7. The Kier molecular flexibility index (Phi) is 12.3. The van der Waals surface area contributed by atoms with Gasteiger partial charge in [-0.2, -0.15) is 0 Å². The second kappa shape index (κ2) is 16.1. The van der Waals surface area contributed by atoms with Crippen molar-refractivity contribution < 1.29 is 28.6 Å². The number of methoxy groups -OCH3 is 2. The molecule has 2 amide bonds. The largest absolute Gasteiger partial charge is 0.453 e. The van der Waals surface area contributed by atoms with Crippen molar-refractivity contribution in [2.75, 3.05) is 54.1 Å². The fraction of sp³-hybridized carbons (Fsp3) is 0.286. The lowest BCUT2D eigenvalue weighted by atomic mass is 9.94. The van der Waals surface area contributed by atoms with Gasteiger partial charge in [0.15, 0.2) is 5.75 Å². The summed E-state index contributed by atoms with van der Waals surface area (Å²) < 4.78 is 17.1. The van der Waals surface area contributed by atoms with Crippen LogP contribution in [-0.4, -0.2) is 91.5 Å². The van der Waals surface area contributed by atoms with Crippen molar-refractivity contribution in [1.82, 2.24) is 19.8 Å². The van der Waals surface area contributed by atoms with Gasteiger partial charge < -0.3 is 24.8 Å². The summed E-state index contributed by atoms with van der Waals surface area (Å²) in [6.45, 7) is 6.36. The Morgan fingerprint density at radius 1 is 0.979 bits per heavy atom. The predicted octanol–water partition coefficient (Wildman–Crippen LogP) is 5.05. The van der Waals surface area contributed by atoms with Gasteiger partial charge in [0.05, 0.1) is 46.6 Å². The molecular weight excluding hydrogens is 657 g/mol. The molecule has 1 unspecified atom stereocenters. The number of amides is 2. The lowest BCUT2D eigenvalue weighted by molar-refractivity contribution is -0.162. The maximum absolute atomic E-state index is 14.1. The number of rotatable bonds is 15. The number of halogens is 2. The van der Waals surface area contributed by atoms with E-state index < -0.39 is 24.0 Å². The van der Waals surface area contributed by atoms with Crippen LogP contribution in [0.1, 0.15) is 21.7 Å². The van der Waals surface area contributed by atoms with Gasteiger partial charge in [-0.15, -0.1) is 0 Å². The molecule has 1 atom stereocenters. The molecule has 4 rings (SSSR count). The van der Waals surface area contributed by atoms with Crippen molar-refractivity contribution in [3.05, 3.63) is 100 Å². The Balaban J connectivity index is 1.98. The quantitative estimate of drug-likeness (QED) is 0.134. The van der Waals surface area contributed by atoms with Crippen LogP contribution in [0, 0.1) is 6.92 Å². The van der Waals surface area contributed by atoms with Crippen LogP contribution < -0.4 is 10.5 Å². The average molecular weight is 695 g/mol. The van der Waals surface area contributed by atoms with Gasteiger partial charge in [-0.05, 0) is 37.3 Å². The van der Waals surface area contributed by atoms with Crippen LogP contribution in [0.3, 0.4) is 0 Å². The van der Waals surface area contributed by atoms with Gasteiger partial charge in [0.25, 0.3) is 11.6 Å². The zero-order chi connectivity index (χ0) is 35.0. The van der Waals surface area contributed by atoms with Gasteiger partial charge in [0.2, 0.25) is 11.7 Å². The molecule has 0 aliphatic rings. The molecule has 48 heavy (non-hydrogen) atoms. The fourth-order valence-electron chi connectivity index (χ4n) is 5.32. The Bertz CT molecular complexity index is 1790. The van der Waals surface area contributed by atoms with E-state index in [1.807, 2.05) is 24.3 Å².